The Bertz CT molecular complexity index is 1450. The largest absolute Gasteiger partial charge is 0.459 e. The van der Waals surface area contributed by atoms with Gasteiger partial charge in [0.05, 0.1) is 6.26 Å². The number of fused-ring (bicyclic) bond motifs is 1. The zero-order valence-electron chi connectivity index (χ0n) is 21.5. The van der Waals surface area contributed by atoms with Crippen LogP contribution in [0.4, 0.5) is 17.6 Å². The van der Waals surface area contributed by atoms with Crippen molar-refractivity contribution in [1.82, 2.24) is 24.8 Å². The summed E-state index contributed by atoms with van der Waals surface area (Å²) in [5.41, 5.74) is 2.57. The minimum absolute atomic E-state index is 0.112. The summed E-state index contributed by atoms with van der Waals surface area (Å²) in [7, 11) is -0.812. The predicted octanol–water partition coefficient (Wildman–Crippen LogP) is 2.20. The van der Waals surface area contributed by atoms with E-state index < -0.39 is 10.8 Å². The van der Waals surface area contributed by atoms with Crippen molar-refractivity contribution in [3.8, 4) is 0 Å². The molecule has 3 aromatic heterocycles. The first-order chi connectivity index (χ1) is 19.2. The fraction of sp³-hybridized carbons (Fsp3) is 0.370. The summed E-state index contributed by atoms with van der Waals surface area (Å²) in [6.45, 7) is 4.23. The highest BCUT2D eigenvalue weighted by Crippen LogP contribution is 2.29. The molecule has 0 unspecified atom stereocenters. The van der Waals surface area contributed by atoms with E-state index in [9.17, 15) is 9.00 Å². The molecule has 6 rings (SSSR count). The fourth-order valence-corrected chi connectivity index (χ4v) is 5.95. The minimum atomic E-state index is -0.812. The van der Waals surface area contributed by atoms with Gasteiger partial charge in [-0.15, -0.1) is 0 Å². The zero-order valence-corrected chi connectivity index (χ0v) is 22.3. The molecule has 1 amide bonds. The number of carbonyl (C=O) groups excluding carboxylic acids is 1. The average molecular weight is 547 g/mol. The molecule has 1 aromatic carbocycles. The first kappa shape index (κ1) is 25.2. The van der Waals surface area contributed by atoms with E-state index in [0.717, 1.165) is 12.2 Å². The van der Waals surface area contributed by atoms with Crippen LogP contribution in [-0.2, 0) is 17.2 Å². The number of rotatable bonds is 7. The fourth-order valence-electron chi connectivity index (χ4n) is 4.90. The second-order valence-corrected chi connectivity index (χ2v) is 11.2. The summed E-state index contributed by atoms with van der Waals surface area (Å²) < 4.78 is 17.3. The number of benzene rings is 1. The number of amides is 1. The number of hydrogen-bond acceptors (Lipinski definition) is 10. The third kappa shape index (κ3) is 5.56. The lowest BCUT2D eigenvalue weighted by Gasteiger charge is -2.35. The third-order valence-electron chi connectivity index (χ3n) is 7.06. The van der Waals surface area contributed by atoms with E-state index in [-0.39, 0.29) is 5.91 Å². The Balaban J connectivity index is 1.27. The molecule has 2 aliphatic rings. The van der Waals surface area contributed by atoms with Crippen molar-refractivity contribution in [2.45, 2.75) is 6.42 Å². The maximum Gasteiger partial charge on any atom is 0.289 e. The van der Waals surface area contributed by atoms with E-state index in [0.29, 0.717) is 85.9 Å². The highest BCUT2D eigenvalue weighted by Gasteiger charge is 2.28. The quantitative estimate of drug-likeness (QED) is 0.369. The lowest BCUT2D eigenvalue weighted by atomic mass is 10.1. The van der Waals surface area contributed by atoms with Gasteiger partial charge in [-0.2, -0.15) is 4.98 Å². The van der Waals surface area contributed by atoms with Crippen LogP contribution in [0.2, 0.25) is 0 Å². The normalized spacial score (nSPS) is 16.6. The van der Waals surface area contributed by atoms with E-state index in [1.165, 1.54) is 11.8 Å². The van der Waals surface area contributed by atoms with Gasteiger partial charge in [-0.25, -0.2) is 15.0 Å². The van der Waals surface area contributed by atoms with Crippen LogP contribution in [0.15, 0.2) is 59.5 Å². The van der Waals surface area contributed by atoms with Gasteiger partial charge in [0, 0.05) is 68.1 Å². The maximum atomic E-state index is 12.7. The Labute approximate surface area is 228 Å². The molecule has 1 N–H and O–H groups in total. The summed E-state index contributed by atoms with van der Waals surface area (Å²) in [5, 5.41) is 3.45. The van der Waals surface area contributed by atoms with Crippen molar-refractivity contribution in [2.24, 2.45) is 0 Å². The molecule has 5 heterocycles. The standard InChI is InChI=1S/C27H30N8O3S/c36-26(21-7-4-16-38-21)34-10-12-35(13-11-34)27-31-22-23(25(32-27)33-14-17-39(37)18-15-33)29-19-30-24(22)28-9-8-20-5-2-1-3-6-20/h1-7,16,19H,8-15,17-18H2,(H,28,29,30). The molecular weight excluding hydrogens is 516 g/mol. The molecule has 0 saturated carbocycles. The molecule has 39 heavy (non-hydrogen) atoms. The van der Waals surface area contributed by atoms with E-state index in [1.54, 1.807) is 23.4 Å². The van der Waals surface area contributed by atoms with Crippen LogP contribution in [-0.4, -0.2) is 92.3 Å². The topological polar surface area (TPSA) is 121 Å². The minimum Gasteiger partial charge on any atom is -0.459 e. The Hall–Kier alpha value is -4.06. The van der Waals surface area contributed by atoms with E-state index in [2.05, 4.69) is 37.2 Å². The van der Waals surface area contributed by atoms with Gasteiger partial charge in [-0.3, -0.25) is 9.00 Å². The van der Waals surface area contributed by atoms with Gasteiger partial charge < -0.3 is 24.4 Å². The first-order valence-corrected chi connectivity index (χ1v) is 14.6. The number of nitrogens with one attached hydrogen (secondary N) is 1. The Morgan fingerprint density at radius 1 is 0.897 bits per heavy atom. The molecule has 0 spiro atoms. The number of carbonyl (C=O) groups is 1. The summed E-state index contributed by atoms with van der Waals surface area (Å²) in [5.74, 6) is 3.40. The number of anilines is 3. The number of furan rings is 1. The molecule has 0 radical (unpaired) electrons. The molecule has 2 saturated heterocycles. The highest BCUT2D eigenvalue weighted by atomic mass is 32.2. The molecule has 202 valence electrons. The van der Waals surface area contributed by atoms with Crippen LogP contribution in [0.5, 0.6) is 0 Å². The number of piperazine rings is 1. The van der Waals surface area contributed by atoms with Gasteiger partial charge in [0.1, 0.15) is 17.4 Å². The Kier molecular flexibility index (Phi) is 7.35. The molecule has 11 nitrogen and oxygen atoms in total. The van der Waals surface area contributed by atoms with Crippen LogP contribution in [0.1, 0.15) is 16.1 Å². The molecule has 2 aliphatic heterocycles. The van der Waals surface area contributed by atoms with E-state index in [4.69, 9.17) is 14.4 Å². The average Bonchev–Trinajstić information content (AvgIpc) is 3.53. The summed E-state index contributed by atoms with van der Waals surface area (Å²) >= 11 is 0. The smallest absolute Gasteiger partial charge is 0.289 e. The van der Waals surface area contributed by atoms with Gasteiger partial charge in [0.25, 0.3) is 5.91 Å². The maximum absolute atomic E-state index is 12.7. The van der Waals surface area contributed by atoms with Crippen LogP contribution in [0, 0.1) is 0 Å². The van der Waals surface area contributed by atoms with Gasteiger partial charge in [0.15, 0.2) is 17.4 Å². The van der Waals surface area contributed by atoms with E-state index in [1.807, 2.05) is 18.2 Å². The predicted molar refractivity (Wildman–Crippen MR) is 151 cm³/mol. The molecule has 12 heteroatoms. The molecular formula is C27H30N8O3S. The van der Waals surface area contributed by atoms with Crippen molar-refractivity contribution in [1.29, 1.82) is 0 Å². The van der Waals surface area contributed by atoms with Gasteiger partial charge in [-0.05, 0) is 24.1 Å². The number of hydrogen-bond donors (Lipinski definition) is 1. The third-order valence-corrected chi connectivity index (χ3v) is 8.34. The van der Waals surface area contributed by atoms with Crippen molar-refractivity contribution >= 4 is 45.3 Å². The van der Waals surface area contributed by atoms with Crippen molar-refractivity contribution in [2.75, 3.05) is 72.4 Å². The molecule has 2 fully saturated rings. The SMILES string of the molecule is O=C(c1ccco1)N1CCN(c2nc(N3CCS(=O)CC3)c3ncnc(NCCc4ccccc4)c3n2)CC1. The number of aromatic nitrogens is 4. The molecule has 0 aliphatic carbocycles. The van der Waals surface area contributed by atoms with Gasteiger partial charge in [0.2, 0.25) is 5.95 Å². The zero-order chi connectivity index (χ0) is 26.6. The Morgan fingerprint density at radius 2 is 1.69 bits per heavy atom. The molecule has 0 atom stereocenters. The highest BCUT2D eigenvalue weighted by molar-refractivity contribution is 7.85. The lowest BCUT2D eigenvalue weighted by molar-refractivity contribution is 0.0714. The van der Waals surface area contributed by atoms with Crippen molar-refractivity contribution in [3.63, 3.8) is 0 Å². The summed E-state index contributed by atoms with van der Waals surface area (Å²) in [6.07, 6.45) is 3.90. The van der Waals surface area contributed by atoms with Gasteiger partial charge >= 0.3 is 0 Å². The van der Waals surface area contributed by atoms with Crippen LogP contribution in [0.25, 0.3) is 11.0 Å². The number of nitrogens with zero attached hydrogens (tertiary/aromatic N) is 7. The summed E-state index contributed by atoms with van der Waals surface area (Å²) in [4.78, 5) is 37.8. The molecule has 0 bridgehead atoms. The monoisotopic (exact) mass is 546 g/mol. The van der Waals surface area contributed by atoms with Crippen LogP contribution < -0.4 is 15.1 Å². The van der Waals surface area contributed by atoms with Gasteiger partial charge in [-0.1, -0.05) is 30.3 Å². The second kappa shape index (κ2) is 11.4. The van der Waals surface area contributed by atoms with E-state index >= 15 is 0 Å². The van der Waals surface area contributed by atoms with Crippen molar-refractivity contribution < 1.29 is 13.4 Å². The van der Waals surface area contributed by atoms with Crippen molar-refractivity contribution in [3.05, 3.63) is 66.4 Å². The second-order valence-electron chi connectivity index (χ2n) is 9.52. The first-order valence-electron chi connectivity index (χ1n) is 13.1. The Morgan fingerprint density at radius 3 is 2.44 bits per heavy atom. The summed E-state index contributed by atoms with van der Waals surface area (Å²) in [6, 6.07) is 13.7. The van der Waals surface area contributed by atoms with Crippen LogP contribution in [0.3, 0.4) is 0 Å². The lowest BCUT2D eigenvalue weighted by Crippen LogP contribution is -2.49. The molecule has 4 aromatic rings. The van der Waals surface area contributed by atoms with Crippen LogP contribution >= 0.6 is 0 Å².